The SMILES string of the molecule is CCCCCCCCCCOc1c(OCCCCCCCCCC)c2cccc(OC/C=C(\C)CCC=C(C)C)c2oc1=O. The number of benzene rings is 1. The number of para-hydroxylation sites is 1. The van der Waals surface area contributed by atoms with Gasteiger partial charge in [-0.1, -0.05) is 127 Å². The van der Waals surface area contributed by atoms with Crippen molar-refractivity contribution in [1.29, 1.82) is 0 Å². The lowest BCUT2D eigenvalue weighted by Crippen LogP contribution is -2.12. The number of ether oxygens (including phenoxy) is 3. The van der Waals surface area contributed by atoms with Crippen LogP contribution in [0.1, 0.15) is 150 Å². The van der Waals surface area contributed by atoms with Gasteiger partial charge in [-0.25, -0.2) is 4.79 Å². The topological polar surface area (TPSA) is 57.9 Å². The zero-order chi connectivity index (χ0) is 31.8. The van der Waals surface area contributed by atoms with Gasteiger partial charge in [-0.15, -0.1) is 0 Å². The van der Waals surface area contributed by atoms with Crippen LogP contribution in [0.5, 0.6) is 17.2 Å². The van der Waals surface area contributed by atoms with Crippen molar-refractivity contribution in [2.75, 3.05) is 19.8 Å². The van der Waals surface area contributed by atoms with Gasteiger partial charge >= 0.3 is 5.63 Å². The molecule has 1 aromatic carbocycles. The van der Waals surface area contributed by atoms with Gasteiger partial charge in [0.15, 0.2) is 17.1 Å². The average molecular weight is 611 g/mol. The molecule has 0 fully saturated rings. The van der Waals surface area contributed by atoms with Crippen LogP contribution in [0.3, 0.4) is 0 Å². The minimum atomic E-state index is -0.507. The van der Waals surface area contributed by atoms with E-state index in [1.165, 1.54) is 88.2 Å². The largest absolute Gasteiger partial charge is 0.489 e. The second-order valence-corrected chi connectivity index (χ2v) is 12.5. The molecule has 0 spiro atoms. The molecule has 0 N–H and O–H groups in total. The molecule has 0 amide bonds. The lowest BCUT2D eigenvalue weighted by Gasteiger charge is -2.15. The molecule has 0 aliphatic heterocycles. The molecule has 248 valence electrons. The standard InChI is InChI=1S/C39H62O5/c1-6-8-10-12-14-16-18-20-29-42-37-34-26-23-27-35(41-31-28-33(5)25-22-24-32(3)4)36(34)44-39(40)38(37)43-30-21-19-17-15-13-11-9-7-2/h23-24,26-28H,6-22,25,29-31H2,1-5H3/b33-28+. The van der Waals surface area contributed by atoms with Gasteiger partial charge < -0.3 is 18.6 Å². The summed E-state index contributed by atoms with van der Waals surface area (Å²) < 4.78 is 24.3. The van der Waals surface area contributed by atoms with Gasteiger partial charge in [-0.2, -0.15) is 0 Å². The summed E-state index contributed by atoms with van der Waals surface area (Å²) in [6.07, 6.45) is 25.8. The van der Waals surface area contributed by atoms with E-state index >= 15 is 0 Å². The number of allylic oxidation sites excluding steroid dienone is 3. The number of rotatable bonds is 26. The molecule has 5 heteroatoms. The van der Waals surface area contributed by atoms with Crippen LogP contribution in [-0.4, -0.2) is 19.8 Å². The molecular formula is C39H62O5. The van der Waals surface area contributed by atoms with Crippen LogP contribution in [0.2, 0.25) is 0 Å². The normalized spacial score (nSPS) is 11.6. The Kier molecular flexibility index (Phi) is 20.2. The first-order chi connectivity index (χ1) is 21.5. The second-order valence-electron chi connectivity index (χ2n) is 12.5. The van der Waals surface area contributed by atoms with Crippen molar-refractivity contribution in [1.82, 2.24) is 0 Å². The van der Waals surface area contributed by atoms with Gasteiger partial charge in [0.05, 0.1) is 18.6 Å². The Morgan fingerprint density at radius 3 is 1.80 bits per heavy atom. The summed E-state index contributed by atoms with van der Waals surface area (Å²) in [6, 6.07) is 5.70. The maximum Gasteiger partial charge on any atom is 0.383 e. The van der Waals surface area contributed by atoms with Crippen LogP contribution in [0.4, 0.5) is 0 Å². The highest BCUT2D eigenvalue weighted by molar-refractivity contribution is 5.89. The molecule has 0 radical (unpaired) electrons. The van der Waals surface area contributed by atoms with Crippen molar-refractivity contribution in [3.05, 3.63) is 51.9 Å². The fourth-order valence-electron chi connectivity index (χ4n) is 5.32. The van der Waals surface area contributed by atoms with Crippen molar-refractivity contribution >= 4 is 11.0 Å². The molecule has 0 saturated carbocycles. The Balaban J connectivity index is 2.08. The van der Waals surface area contributed by atoms with Crippen LogP contribution in [-0.2, 0) is 0 Å². The third kappa shape index (κ3) is 15.3. The molecule has 0 aliphatic carbocycles. The van der Waals surface area contributed by atoms with Gasteiger partial charge in [-0.05, 0) is 64.7 Å². The smallest absolute Gasteiger partial charge is 0.383 e. The molecule has 0 atom stereocenters. The van der Waals surface area contributed by atoms with Gasteiger partial charge in [0, 0.05) is 0 Å². The summed E-state index contributed by atoms with van der Waals surface area (Å²) in [5.74, 6) is 1.21. The molecular weight excluding hydrogens is 548 g/mol. The van der Waals surface area contributed by atoms with E-state index in [0.29, 0.717) is 36.9 Å². The summed E-state index contributed by atoms with van der Waals surface area (Å²) >= 11 is 0. The van der Waals surface area contributed by atoms with E-state index in [9.17, 15) is 4.79 Å². The van der Waals surface area contributed by atoms with E-state index in [-0.39, 0.29) is 5.75 Å². The molecule has 1 aromatic heterocycles. The monoisotopic (exact) mass is 610 g/mol. The second kappa shape index (κ2) is 23.7. The summed E-state index contributed by atoms with van der Waals surface area (Å²) in [5, 5.41) is 0.719. The predicted octanol–water partition coefficient (Wildman–Crippen LogP) is 11.9. The molecule has 2 rings (SSSR count). The highest BCUT2D eigenvalue weighted by Crippen LogP contribution is 2.37. The van der Waals surface area contributed by atoms with Crippen LogP contribution in [0.15, 0.2) is 50.7 Å². The molecule has 2 aromatic rings. The maximum atomic E-state index is 13.2. The molecule has 0 saturated heterocycles. The van der Waals surface area contributed by atoms with Crippen LogP contribution in [0.25, 0.3) is 11.0 Å². The van der Waals surface area contributed by atoms with Crippen molar-refractivity contribution in [3.63, 3.8) is 0 Å². The van der Waals surface area contributed by atoms with E-state index in [0.717, 1.165) is 43.9 Å². The van der Waals surface area contributed by atoms with Gasteiger partial charge in [-0.3, -0.25) is 0 Å². The summed E-state index contributed by atoms with van der Waals surface area (Å²) in [6.45, 7) is 12.3. The predicted molar refractivity (Wildman–Crippen MR) is 187 cm³/mol. The first-order valence-corrected chi connectivity index (χ1v) is 17.7. The minimum Gasteiger partial charge on any atom is -0.489 e. The number of hydrogen-bond donors (Lipinski definition) is 0. The zero-order valence-corrected chi connectivity index (χ0v) is 28.8. The Bertz CT molecular complexity index is 1160. The molecule has 0 aliphatic rings. The molecule has 0 unspecified atom stereocenters. The van der Waals surface area contributed by atoms with Crippen molar-refractivity contribution in [2.24, 2.45) is 0 Å². The Morgan fingerprint density at radius 1 is 0.682 bits per heavy atom. The van der Waals surface area contributed by atoms with Gasteiger partial charge in [0.2, 0.25) is 5.75 Å². The highest BCUT2D eigenvalue weighted by atomic mass is 16.5. The van der Waals surface area contributed by atoms with Crippen molar-refractivity contribution in [3.8, 4) is 17.2 Å². The summed E-state index contributed by atoms with van der Waals surface area (Å²) in [5.41, 5.74) is 2.52. The molecule has 0 bridgehead atoms. The molecule has 5 nitrogen and oxygen atoms in total. The molecule has 44 heavy (non-hydrogen) atoms. The third-order valence-corrected chi connectivity index (χ3v) is 8.06. The quantitative estimate of drug-likeness (QED) is 0.0602. The fourth-order valence-corrected chi connectivity index (χ4v) is 5.32. The van der Waals surface area contributed by atoms with Gasteiger partial charge in [0.25, 0.3) is 0 Å². The van der Waals surface area contributed by atoms with Crippen LogP contribution < -0.4 is 19.8 Å². The maximum absolute atomic E-state index is 13.2. The first-order valence-electron chi connectivity index (χ1n) is 17.7. The van der Waals surface area contributed by atoms with E-state index < -0.39 is 5.63 Å². The summed E-state index contributed by atoms with van der Waals surface area (Å²) in [7, 11) is 0. The lowest BCUT2D eigenvalue weighted by molar-refractivity contribution is 0.249. The van der Waals surface area contributed by atoms with Crippen molar-refractivity contribution in [2.45, 2.75) is 150 Å². The van der Waals surface area contributed by atoms with E-state index in [1.807, 2.05) is 18.2 Å². The highest BCUT2D eigenvalue weighted by Gasteiger charge is 2.20. The number of unbranched alkanes of at least 4 members (excludes halogenated alkanes) is 14. The zero-order valence-electron chi connectivity index (χ0n) is 28.8. The van der Waals surface area contributed by atoms with Gasteiger partial charge in [0.1, 0.15) is 6.61 Å². The minimum absolute atomic E-state index is 0.187. The third-order valence-electron chi connectivity index (χ3n) is 8.06. The van der Waals surface area contributed by atoms with Crippen LogP contribution in [0, 0.1) is 0 Å². The Labute approximate surface area is 268 Å². The van der Waals surface area contributed by atoms with Crippen molar-refractivity contribution < 1.29 is 18.6 Å². The van der Waals surface area contributed by atoms with E-state index in [4.69, 9.17) is 18.6 Å². The Hall–Kier alpha value is -2.69. The first kappa shape index (κ1) is 37.5. The fraction of sp³-hybridized carbons (Fsp3) is 0.667. The number of fused-ring (bicyclic) bond motifs is 1. The lowest BCUT2D eigenvalue weighted by atomic mass is 10.1. The Morgan fingerprint density at radius 2 is 1.23 bits per heavy atom. The number of hydrogen-bond acceptors (Lipinski definition) is 5. The summed E-state index contributed by atoms with van der Waals surface area (Å²) in [4.78, 5) is 13.2. The average Bonchev–Trinajstić information content (AvgIpc) is 3.00. The van der Waals surface area contributed by atoms with Crippen LogP contribution >= 0.6 is 0 Å². The molecule has 1 heterocycles. The van der Waals surface area contributed by atoms with E-state index in [1.54, 1.807) is 0 Å². The van der Waals surface area contributed by atoms with E-state index in [2.05, 4.69) is 46.8 Å².